The van der Waals surface area contributed by atoms with Crippen LogP contribution in [0.1, 0.15) is 22.8 Å². The summed E-state index contributed by atoms with van der Waals surface area (Å²) in [5.74, 6) is -1.13. The van der Waals surface area contributed by atoms with Crippen LogP contribution in [0.5, 0.6) is 5.75 Å². The lowest BCUT2D eigenvalue weighted by atomic mass is 10.1. The van der Waals surface area contributed by atoms with Gasteiger partial charge in [-0.2, -0.15) is 0 Å². The van der Waals surface area contributed by atoms with Gasteiger partial charge in [0.15, 0.2) is 0 Å². The highest BCUT2D eigenvalue weighted by atomic mass is 16.5. The molecule has 0 saturated heterocycles. The highest BCUT2D eigenvalue weighted by Gasteiger charge is 2.19. The Labute approximate surface area is 99.4 Å². The van der Waals surface area contributed by atoms with E-state index in [1.807, 2.05) is 0 Å². The standard InChI is InChI=1S/C12H15NO4/c1-7-5-4-6-9(10(7)14)11(15)13-8(2)12(16)17-3/h4-6,8,14H,1-3H3,(H,13,15). The summed E-state index contributed by atoms with van der Waals surface area (Å²) in [5.41, 5.74) is 0.740. The van der Waals surface area contributed by atoms with Crippen LogP contribution in [0, 0.1) is 6.92 Å². The number of nitrogens with one attached hydrogen (secondary N) is 1. The zero-order valence-electron chi connectivity index (χ0n) is 9.98. The molecule has 0 aliphatic heterocycles. The number of ether oxygens (including phenoxy) is 1. The fraction of sp³-hybridized carbons (Fsp3) is 0.333. The summed E-state index contributed by atoms with van der Waals surface area (Å²) < 4.78 is 4.49. The maximum atomic E-state index is 11.8. The molecule has 1 aromatic carbocycles. The number of para-hydroxylation sites is 1. The van der Waals surface area contributed by atoms with Crippen molar-refractivity contribution in [2.24, 2.45) is 0 Å². The van der Waals surface area contributed by atoms with Crippen LogP contribution in [0.15, 0.2) is 18.2 Å². The van der Waals surface area contributed by atoms with E-state index in [2.05, 4.69) is 10.1 Å². The molecule has 0 fully saturated rings. The van der Waals surface area contributed by atoms with Gasteiger partial charge in [0.1, 0.15) is 11.8 Å². The quantitative estimate of drug-likeness (QED) is 0.769. The molecule has 2 N–H and O–H groups in total. The number of amides is 1. The lowest BCUT2D eigenvalue weighted by molar-refractivity contribution is -0.142. The average molecular weight is 237 g/mol. The molecule has 1 rings (SSSR count). The van der Waals surface area contributed by atoms with Crippen molar-refractivity contribution < 1.29 is 19.4 Å². The molecule has 5 nitrogen and oxygen atoms in total. The number of benzene rings is 1. The van der Waals surface area contributed by atoms with E-state index in [1.54, 1.807) is 19.1 Å². The summed E-state index contributed by atoms with van der Waals surface area (Å²) >= 11 is 0. The Morgan fingerprint density at radius 2 is 2.06 bits per heavy atom. The van der Waals surface area contributed by atoms with Gasteiger partial charge in [-0.05, 0) is 25.5 Å². The number of hydrogen-bond acceptors (Lipinski definition) is 4. The van der Waals surface area contributed by atoms with Crippen LogP contribution in [-0.2, 0) is 9.53 Å². The van der Waals surface area contributed by atoms with Gasteiger partial charge in [-0.25, -0.2) is 4.79 Å². The molecule has 0 saturated carbocycles. The molecule has 1 atom stereocenters. The Kier molecular flexibility index (Phi) is 4.09. The van der Waals surface area contributed by atoms with E-state index >= 15 is 0 Å². The second kappa shape index (κ2) is 5.34. The second-order valence-electron chi connectivity index (χ2n) is 3.69. The minimum atomic E-state index is -0.757. The zero-order chi connectivity index (χ0) is 13.0. The largest absolute Gasteiger partial charge is 0.507 e. The van der Waals surface area contributed by atoms with Gasteiger partial charge in [0.2, 0.25) is 0 Å². The smallest absolute Gasteiger partial charge is 0.328 e. The molecule has 0 radical (unpaired) electrons. The molecule has 5 heteroatoms. The Hall–Kier alpha value is -2.04. The first-order valence-electron chi connectivity index (χ1n) is 5.14. The minimum absolute atomic E-state index is 0.0814. The van der Waals surface area contributed by atoms with Crippen molar-refractivity contribution >= 4 is 11.9 Å². The first-order valence-corrected chi connectivity index (χ1v) is 5.14. The van der Waals surface area contributed by atoms with Crippen molar-refractivity contribution in [3.05, 3.63) is 29.3 Å². The predicted octanol–water partition coefficient (Wildman–Crippen LogP) is 0.992. The van der Waals surface area contributed by atoms with E-state index < -0.39 is 17.9 Å². The number of methoxy groups -OCH3 is 1. The molecule has 0 aliphatic carbocycles. The SMILES string of the molecule is COC(=O)C(C)NC(=O)c1cccc(C)c1O. The summed E-state index contributed by atoms with van der Waals surface area (Å²) in [7, 11) is 1.25. The van der Waals surface area contributed by atoms with Gasteiger partial charge in [-0.1, -0.05) is 12.1 Å². The van der Waals surface area contributed by atoms with Crippen molar-refractivity contribution in [3.63, 3.8) is 0 Å². The first-order chi connectivity index (χ1) is 7.97. The minimum Gasteiger partial charge on any atom is -0.507 e. The Morgan fingerprint density at radius 3 is 2.65 bits per heavy atom. The third kappa shape index (κ3) is 2.96. The van der Waals surface area contributed by atoms with Crippen molar-refractivity contribution in [1.29, 1.82) is 0 Å². The molecule has 0 aromatic heterocycles. The lowest BCUT2D eigenvalue weighted by Crippen LogP contribution is -2.39. The number of phenols is 1. The second-order valence-corrected chi connectivity index (χ2v) is 3.69. The normalized spacial score (nSPS) is 11.7. The molecule has 17 heavy (non-hydrogen) atoms. The van der Waals surface area contributed by atoms with Crippen LogP contribution >= 0.6 is 0 Å². The number of carbonyl (C=O) groups is 2. The third-order valence-electron chi connectivity index (χ3n) is 2.38. The molecule has 92 valence electrons. The van der Waals surface area contributed by atoms with E-state index in [0.717, 1.165) is 0 Å². The monoisotopic (exact) mass is 237 g/mol. The Balaban J connectivity index is 2.84. The van der Waals surface area contributed by atoms with E-state index in [9.17, 15) is 14.7 Å². The van der Waals surface area contributed by atoms with E-state index in [-0.39, 0.29) is 11.3 Å². The van der Waals surface area contributed by atoms with Crippen LogP contribution in [0.4, 0.5) is 0 Å². The first kappa shape index (κ1) is 13.0. The van der Waals surface area contributed by atoms with Crippen LogP contribution in [0.25, 0.3) is 0 Å². The van der Waals surface area contributed by atoms with Gasteiger partial charge in [0.05, 0.1) is 12.7 Å². The highest BCUT2D eigenvalue weighted by Crippen LogP contribution is 2.21. The van der Waals surface area contributed by atoms with Gasteiger partial charge < -0.3 is 15.2 Å². The van der Waals surface area contributed by atoms with Crippen LogP contribution in [0.3, 0.4) is 0 Å². The van der Waals surface area contributed by atoms with E-state index in [0.29, 0.717) is 5.56 Å². The number of phenolic OH excluding ortho intramolecular Hbond substituents is 1. The average Bonchev–Trinajstić information content (AvgIpc) is 2.31. The van der Waals surface area contributed by atoms with Crippen LogP contribution in [-0.4, -0.2) is 30.1 Å². The molecule has 0 heterocycles. The molecule has 0 bridgehead atoms. The van der Waals surface area contributed by atoms with Gasteiger partial charge in [0, 0.05) is 0 Å². The van der Waals surface area contributed by atoms with Crippen LogP contribution in [0.2, 0.25) is 0 Å². The number of carbonyl (C=O) groups excluding carboxylic acids is 2. The van der Waals surface area contributed by atoms with Crippen molar-refractivity contribution in [3.8, 4) is 5.75 Å². The summed E-state index contributed by atoms with van der Waals surface area (Å²) in [6, 6.07) is 4.08. The van der Waals surface area contributed by atoms with Gasteiger partial charge in [-0.3, -0.25) is 4.79 Å². The lowest BCUT2D eigenvalue weighted by Gasteiger charge is -2.12. The summed E-state index contributed by atoms with van der Waals surface area (Å²) in [5, 5.41) is 12.1. The topological polar surface area (TPSA) is 75.6 Å². The molecular weight excluding hydrogens is 222 g/mol. The molecule has 1 aromatic rings. The number of aromatic hydroxyl groups is 1. The van der Waals surface area contributed by atoms with E-state index in [4.69, 9.17) is 0 Å². The predicted molar refractivity (Wildman–Crippen MR) is 61.8 cm³/mol. The molecule has 1 amide bonds. The van der Waals surface area contributed by atoms with Gasteiger partial charge in [-0.15, -0.1) is 0 Å². The summed E-state index contributed by atoms with van der Waals surface area (Å²) in [6.07, 6.45) is 0. The number of hydrogen-bond donors (Lipinski definition) is 2. The zero-order valence-corrected chi connectivity index (χ0v) is 9.98. The number of esters is 1. The fourth-order valence-electron chi connectivity index (χ4n) is 1.35. The molecule has 0 aliphatic rings. The third-order valence-corrected chi connectivity index (χ3v) is 2.38. The van der Waals surface area contributed by atoms with Gasteiger partial charge in [0.25, 0.3) is 5.91 Å². The van der Waals surface area contributed by atoms with Gasteiger partial charge >= 0.3 is 5.97 Å². The van der Waals surface area contributed by atoms with Crippen LogP contribution < -0.4 is 5.32 Å². The molecule has 1 unspecified atom stereocenters. The maximum absolute atomic E-state index is 11.8. The number of rotatable bonds is 3. The molecule has 0 spiro atoms. The fourth-order valence-corrected chi connectivity index (χ4v) is 1.35. The van der Waals surface area contributed by atoms with Crippen molar-refractivity contribution in [1.82, 2.24) is 5.32 Å². The maximum Gasteiger partial charge on any atom is 0.328 e. The van der Waals surface area contributed by atoms with Crippen molar-refractivity contribution in [2.45, 2.75) is 19.9 Å². The highest BCUT2D eigenvalue weighted by molar-refractivity contribution is 5.99. The molecular formula is C12H15NO4. The Morgan fingerprint density at radius 1 is 1.41 bits per heavy atom. The summed E-state index contributed by atoms with van der Waals surface area (Å²) in [6.45, 7) is 3.20. The number of aryl methyl sites for hydroxylation is 1. The van der Waals surface area contributed by atoms with Crippen molar-refractivity contribution in [2.75, 3.05) is 7.11 Å². The summed E-state index contributed by atoms with van der Waals surface area (Å²) in [4.78, 5) is 22.9. The van der Waals surface area contributed by atoms with E-state index in [1.165, 1.54) is 20.1 Å². The Bertz CT molecular complexity index is 442.